The van der Waals surface area contributed by atoms with Gasteiger partial charge in [-0.05, 0) is 43.5 Å². The number of nitrogens with zero attached hydrogens (tertiary/aromatic N) is 4. The summed E-state index contributed by atoms with van der Waals surface area (Å²) in [5.74, 6) is -0.818. The van der Waals surface area contributed by atoms with Crippen molar-refractivity contribution < 1.29 is 19.1 Å². The van der Waals surface area contributed by atoms with Crippen LogP contribution in [0.2, 0.25) is 0 Å². The fourth-order valence-electron chi connectivity index (χ4n) is 4.56. The van der Waals surface area contributed by atoms with Crippen LogP contribution in [-0.2, 0) is 25.5 Å². The molecule has 0 saturated carbocycles. The van der Waals surface area contributed by atoms with Crippen molar-refractivity contribution in [3.8, 4) is 6.07 Å². The molecule has 1 fully saturated rings. The Kier molecular flexibility index (Phi) is 7.25. The molecule has 35 heavy (non-hydrogen) atoms. The van der Waals surface area contributed by atoms with Crippen LogP contribution in [0.5, 0.6) is 0 Å². The van der Waals surface area contributed by atoms with Crippen LogP contribution < -0.4 is 15.5 Å². The topological polar surface area (TPSA) is 103 Å². The molecule has 0 aliphatic carbocycles. The molecule has 1 atom stereocenters. The van der Waals surface area contributed by atoms with E-state index in [1.807, 2.05) is 12.1 Å². The van der Waals surface area contributed by atoms with Gasteiger partial charge in [0.25, 0.3) is 11.8 Å². The van der Waals surface area contributed by atoms with E-state index < -0.39 is 12.0 Å². The van der Waals surface area contributed by atoms with E-state index in [9.17, 15) is 14.4 Å². The van der Waals surface area contributed by atoms with Crippen LogP contribution in [0.15, 0.2) is 47.5 Å². The average Bonchev–Trinajstić information content (AvgIpc) is 3.41. The van der Waals surface area contributed by atoms with E-state index in [1.54, 1.807) is 54.1 Å². The zero-order valence-corrected chi connectivity index (χ0v) is 20.0. The summed E-state index contributed by atoms with van der Waals surface area (Å²) < 4.78 is 5.16. The number of esters is 1. The van der Waals surface area contributed by atoms with Crippen molar-refractivity contribution in [1.82, 2.24) is 4.90 Å². The Morgan fingerprint density at radius 2 is 1.86 bits per heavy atom. The number of ether oxygens (including phenoxy) is 1. The number of amides is 2. The molecule has 1 saturated heterocycles. The summed E-state index contributed by atoms with van der Waals surface area (Å²) >= 11 is 0. The molecular weight excluding hydrogens is 444 g/mol. The Labute approximate surface area is 204 Å². The van der Waals surface area contributed by atoms with Gasteiger partial charge in [0, 0.05) is 37.3 Å². The van der Waals surface area contributed by atoms with Gasteiger partial charge >= 0.3 is 5.97 Å². The Balaban J connectivity index is 1.84. The second-order valence-electron chi connectivity index (χ2n) is 8.69. The van der Waals surface area contributed by atoms with Crippen LogP contribution in [0.4, 0.5) is 5.69 Å². The number of hydrogen-bond acceptors (Lipinski definition) is 6. The van der Waals surface area contributed by atoms with Gasteiger partial charge in [-0.1, -0.05) is 24.3 Å². The smallest absolute Gasteiger partial charge is 0.310 e. The monoisotopic (exact) mass is 472 g/mol. The maximum atomic E-state index is 13.5. The van der Waals surface area contributed by atoms with E-state index in [0.717, 1.165) is 18.4 Å². The molecule has 2 aromatic carbocycles. The van der Waals surface area contributed by atoms with Crippen LogP contribution in [-0.4, -0.2) is 55.5 Å². The molecule has 2 aromatic rings. The van der Waals surface area contributed by atoms with Crippen molar-refractivity contribution in [3.05, 3.63) is 64.2 Å². The summed E-state index contributed by atoms with van der Waals surface area (Å²) in [4.78, 5) is 47.2. The van der Waals surface area contributed by atoms with Crippen LogP contribution in [0.3, 0.4) is 0 Å². The minimum atomic E-state index is -0.688. The van der Waals surface area contributed by atoms with Crippen molar-refractivity contribution in [2.24, 2.45) is 4.99 Å². The highest BCUT2D eigenvalue weighted by atomic mass is 16.5. The summed E-state index contributed by atoms with van der Waals surface area (Å²) in [5, 5.41) is 10.1. The molecule has 1 unspecified atom stereocenters. The first kappa shape index (κ1) is 24.1. The van der Waals surface area contributed by atoms with Gasteiger partial charge in [-0.25, -0.2) is 0 Å². The Hall–Kier alpha value is -3.99. The minimum absolute atomic E-state index is 0.156. The number of nitriles is 1. The molecule has 0 N–H and O–H groups in total. The van der Waals surface area contributed by atoms with Gasteiger partial charge in [-0.2, -0.15) is 5.26 Å². The standard InChI is InChI=1S/C27H28N4O4/c1-3-35-24(32)16-21(26(33)31-13-4-5-14-31)20-7-6-8-23-25(20)29-22(27(34)30(23)2)15-18-9-11-19(17-28)12-10-18/h6-12,22H,3-5,13-16H2,1-2H3/b21-20-. The fraction of sp³-hybridized carbons (Fsp3) is 0.370. The van der Waals surface area contributed by atoms with Crippen LogP contribution >= 0.6 is 0 Å². The fourth-order valence-corrected chi connectivity index (χ4v) is 4.56. The first-order chi connectivity index (χ1) is 16.9. The van der Waals surface area contributed by atoms with Gasteiger partial charge in [-0.15, -0.1) is 0 Å². The van der Waals surface area contributed by atoms with E-state index in [-0.39, 0.29) is 24.8 Å². The van der Waals surface area contributed by atoms with Crippen molar-refractivity contribution in [1.29, 1.82) is 5.26 Å². The Bertz CT molecular complexity index is 1300. The number of fused-ring (bicyclic) bond motifs is 1. The second-order valence-corrected chi connectivity index (χ2v) is 8.69. The highest BCUT2D eigenvalue weighted by Gasteiger charge is 2.30. The number of hydrogen-bond donors (Lipinski definition) is 0. The molecule has 4 rings (SSSR count). The van der Waals surface area contributed by atoms with Gasteiger partial charge in [0.2, 0.25) is 0 Å². The molecule has 2 heterocycles. The Morgan fingerprint density at radius 3 is 2.51 bits per heavy atom. The molecular formula is C27H28N4O4. The quantitative estimate of drug-likeness (QED) is 0.593. The second kappa shape index (κ2) is 10.5. The summed E-state index contributed by atoms with van der Waals surface area (Å²) in [6, 6.07) is 13.8. The summed E-state index contributed by atoms with van der Waals surface area (Å²) in [5.41, 5.74) is 2.36. The number of likely N-dealkylation sites (tertiary alicyclic amines) is 1. The lowest BCUT2D eigenvalue weighted by atomic mass is 10.0. The molecule has 0 bridgehead atoms. The predicted octanol–water partition coefficient (Wildman–Crippen LogP) is 1.49. The maximum Gasteiger partial charge on any atom is 0.310 e. The lowest BCUT2D eigenvalue weighted by Crippen LogP contribution is -2.49. The molecule has 0 spiro atoms. The Morgan fingerprint density at radius 1 is 1.14 bits per heavy atom. The van der Waals surface area contributed by atoms with Gasteiger partial charge in [0.15, 0.2) is 0 Å². The van der Waals surface area contributed by atoms with Gasteiger partial charge in [-0.3, -0.25) is 19.4 Å². The number of carbonyl (C=O) groups excluding carboxylic acids is 3. The first-order valence-corrected chi connectivity index (χ1v) is 11.8. The predicted molar refractivity (Wildman–Crippen MR) is 130 cm³/mol. The number of likely N-dealkylation sites (N-methyl/N-ethyl adjacent to an activating group) is 1. The van der Waals surface area contributed by atoms with E-state index in [4.69, 9.17) is 15.0 Å². The molecule has 2 amide bonds. The van der Waals surface area contributed by atoms with Gasteiger partial charge in [0.1, 0.15) is 6.04 Å². The van der Waals surface area contributed by atoms with Crippen molar-refractivity contribution in [2.45, 2.75) is 38.6 Å². The maximum absolute atomic E-state index is 13.5. The van der Waals surface area contributed by atoms with Crippen LogP contribution in [0.25, 0.3) is 5.57 Å². The lowest BCUT2D eigenvalue weighted by molar-refractivity contribution is -0.142. The van der Waals surface area contributed by atoms with Crippen molar-refractivity contribution in [3.63, 3.8) is 0 Å². The van der Waals surface area contributed by atoms with Crippen LogP contribution in [0.1, 0.15) is 37.3 Å². The van der Waals surface area contributed by atoms with Gasteiger partial charge < -0.3 is 14.5 Å². The molecule has 0 aromatic heterocycles. The minimum Gasteiger partial charge on any atom is -0.466 e. The number of rotatable bonds is 6. The third-order valence-electron chi connectivity index (χ3n) is 6.39. The summed E-state index contributed by atoms with van der Waals surface area (Å²) in [7, 11) is 1.69. The third kappa shape index (κ3) is 5.09. The molecule has 8 heteroatoms. The molecule has 180 valence electrons. The van der Waals surface area contributed by atoms with Crippen molar-refractivity contribution in [2.75, 3.05) is 31.6 Å². The molecule has 2 aliphatic rings. The average molecular weight is 473 g/mol. The number of benzene rings is 2. The first-order valence-electron chi connectivity index (χ1n) is 11.8. The normalized spacial score (nSPS) is 17.9. The van der Waals surface area contributed by atoms with E-state index >= 15 is 0 Å². The zero-order valence-electron chi connectivity index (χ0n) is 20.0. The number of para-hydroxylation sites is 1. The zero-order chi connectivity index (χ0) is 24.9. The number of carbonyl (C=O) groups is 3. The highest BCUT2D eigenvalue weighted by Crippen LogP contribution is 2.18. The SMILES string of the molecule is CCOC(=O)C/C(C(=O)N1CCCC1)=c1\cccc2c1=NC(Cc1ccc(C#N)cc1)C(=O)N2C. The molecule has 2 aliphatic heterocycles. The van der Waals surface area contributed by atoms with Crippen molar-refractivity contribution >= 4 is 29.0 Å². The summed E-state index contributed by atoms with van der Waals surface area (Å²) in [6.45, 7) is 3.26. The largest absolute Gasteiger partial charge is 0.466 e. The van der Waals surface area contributed by atoms with E-state index in [2.05, 4.69) is 6.07 Å². The molecule has 8 nitrogen and oxygen atoms in total. The van der Waals surface area contributed by atoms with E-state index in [1.165, 1.54) is 0 Å². The van der Waals surface area contributed by atoms with Gasteiger partial charge in [0.05, 0.1) is 35.7 Å². The third-order valence-corrected chi connectivity index (χ3v) is 6.39. The van der Waals surface area contributed by atoms with E-state index in [0.29, 0.717) is 46.9 Å². The highest BCUT2D eigenvalue weighted by molar-refractivity contribution is 6.17. The summed E-state index contributed by atoms with van der Waals surface area (Å²) in [6.07, 6.45) is 2.06. The lowest BCUT2D eigenvalue weighted by Gasteiger charge is -2.27. The number of anilines is 1. The van der Waals surface area contributed by atoms with Crippen LogP contribution in [0, 0.1) is 11.3 Å². The molecule has 0 radical (unpaired) electrons.